The molecule has 0 amide bonds. The lowest BCUT2D eigenvalue weighted by Gasteiger charge is -2.30. The van der Waals surface area contributed by atoms with Crippen LogP contribution in [-0.4, -0.2) is 45.4 Å². The molecule has 0 aromatic heterocycles. The minimum Gasteiger partial charge on any atom is -0.378 e. The van der Waals surface area contributed by atoms with Crippen molar-refractivity contribution in [1.29, 1.82) is 0 Å². The van der Waals surface area contributed by atoms with E-state index in [-0.39, 0.29) is 24.0 Å². The van der Waals surface area contributed by atoms with Crippen LogP contribution in [0.2, 0.25) is 0 Å². The highest BCUT2D eigenvalue weighted by molar-refractivity contribution is 14.0. The van der Waals surface area contributed by atoms with E-state index in [1.165, 1.54) is 11.3 Å². The number of rotatable bonds is 6. The maximum atomic E-state index is 5.45. The summed E-state index contributed by atoms with van der Waals surface area (Å²) in [5.74, 6) is 0.890. The maximum absolute atomic E-state index is 5.45. The fourth-order valence-electron chi connectivity index (χ4n) is 2.51. The molecule has 1 aromatic rings. The van der Waals surface area contributed by atoms with E-state index in [9.17, 15) is 0 Å². The second-order valence-electron chi connectivity index (χ2n) is 5.35. The number of hydrogen-bond acceptors (Lipinski definition) is 3. The molecule has 0 saturated carbocycles. The number of nitrogens with zero attached hydrogens (tertiary/aromatic N) is 2. The Hall–Kier alpha value is -1.02. The van der Waals surface area contributed by atoms with Crippen LogP contribution in [0.15, 0.2) is 29.3 Å². The normalized spacial score (nSPS) is 15.0. The van der Waals surface area contributed by atoms with Crippen LogP contribution in [0.25, 0.3) is 0 Å². The molecule has 0 spiro atoms. The number of aliphatic imine (C=N–C) groups is 1. The van der Waals surface area contributed by atoms with Gasteiger partial charge >= 0.3 is 0 Å². The zero-order valence-electron chi connectivity index (χ0n) is 14.2. The molecule has 1 heterocycles. The molecule has 0 unspecified atom stereocenters. The molecule has 6 heteroatoms. The molecule has 1 aromatic carbocycles. The first-order valence-electron chi connectivity index (χ1n) is 8.28. The van der Waals surface area contributed by atoms with Gasteiger partial charge in [-0.2, -0.15) is 0 Å². The topological polar surface area (TPSA) is 48.9 Å². The molecule has 2 rings (SSSR count). The van der Waals surface area contributed by atoms with E-state index >= 15 is 0 Å². The predicted molar refractivity (Wildman–Crippen MR) is 108 cm³/mol. The number of benzene rings is 1. The number of guanidine groups is 1. The van der Waals surface area contributed by atoms with Crippen LogP contribution in [0.4, 0.5) is 5.69 Å². The lowest BCUT2D eigenvalue weighted by atomic mass is 10.1. The first-order valence-corrected chi connectivity index (χ1v) is 8.28. The minimum absolute atomic E-state index is 0. The molecule has 0 aliphatic carbocycles. The molecule has 1 saturated heterocycles. The van der Waals surface area contributed by atoms with Gasteiger partial charge in [0.25, 0.3) is 0 Å². The molecule has 0 atom stereocenters. The van der Waals surface area contributed by atoms with Crippen molar-refractivity contribution in [2.75, 3.05) is 44.3 Å². The van der Waals surface area contributed by atoms with Gasteiger partial charge in [-0.3, -0.25) is 0 Å². The number of halogens is 1. The second-order valence-corrected chi connectivity index (χ2v) is 5.35. The largest absolute Gasteiger partial charge is 0.378 e. The Morgan fingerprint density at radius 1 is 1.17 bits per heavy atom. The number of nitrogens with one attached hydrogen (secondary N) is 2. The van der Waals surface area contributed by atoms with Crippen molar-refractivity contribution in [2.45, 2.75) is 26.8 Å². The summed E-state index contributed by atoms with van der Waals surface area (Å²) in [5.41, 5.74) is 2.54. The SMILES string of the molecule is CCCNC(=NCc1ccccc1N1CCOCC1)NCC.I. The summed E-state index contributed by atoms with van der Waals surface area (Å²) >= 11 is 0. The number of ether oxygens (including phenoxy) is 1. The molecule has 0 radical (unpaired) electrons. The van der Waals surface area contributed by atoms with Crippen molar-refractivity contribution in [3.05, 3.63) is 29.8 Å². The Bertz CT molecular complexity index is 475. The number of para-hydroxylation sites is 1. The summed E-state index contributed by atoms with van der Waals surface area (Å²) < 4.78 is 5.45. The van der Waals surface area contributed by atoms with E-state index in [2.05, 4.69) is 53.6 Å². The van der Waals surface area contributed by atoms with Gasteiger partial charge in [0.2, 0.25) is 0 Å². The van der Waals surface area contributed by atoms with Crippen molar-refractivity contribution < 1.29 is 4.74 Å². The molecule has 1 aliphatic heterocycles. The van der Waals surface area contributed by atoms with Crippen molar-refractivity contribution in [1.82, 2.24) is 10.6 Å². The van der Waals surface area contributed by atoms with E-state index in [4.69, 9.17) is 9.73 Å². The van der Waals surface area contributed by atoms with Crippen LogP contribution in [0, 0.1) is 0 Å². The van der Waals surface area contributed by atoms with E-state index < -0.39 is 0 Å². The summed E-state index contributed by atoms with van der Waals surface area (Å²) in [6, 6.07) is 8.53. The number of anilines is 1. The average molecular weight is 432 g/mol. The van der Waals surface area contributed by atoms with Gasteiger partial charge < -0.3 is 20.3 Å². The predicted octanol–water partition coefficient (Wildman–Crippen LogP) is 2.61. The van der Waals surface area contributed by atoms with Crippen LogP contribution in [0.5, 0.6) is 0 Å². The molecule has 130 valence electrons. The van der Waals surface area contributed by atoms with Crippen LogP contribution >= 0.6 is 24.0 Å². The Morgan fingerprint density at radius 2 is 1.91 bits per heavy atom. The van der Waals surface area contributed by atoms with Gasteiger partial charge in [-0.25, -0.2) is 4.99 Å². The van der Waals surface area contributed by atoms with Gasteiger partial charge in [-0.15, -0.1) is 24.0 Å². The Morgan fingerprint density at radius 3 is 2.61 bits per heavy atom. The monoisotopic (exact) mass is 432 g/mol. The quantitative estimate of drug-likeness (QED) is 0.412. The fourth-order valence-corrected chi connectivity index (χ4v) is 2.51. The van der Waals surface area contributed by atoms with Gasteiger partial charge in [-0.1, -0.05) is 25.1 Å². The second kappa shape index (κ2) is 11.5. The molecule has 0 bridgehead atoms. The van der Waals surface area contributed by atoms with Crippen LogP contribution < -0.4 is 15.5 Å². The highest BCUT2D eigenvalue weighted by atomic mass is 127. The first-order chi connectivity index (χ1) is 10.8. The van der Waals surface area contributed by atoms with Gasteiger partial charge in [0, 0.05) is 31.9 Å². The smallest absolute Gasteiger partial charge is 0.191 e. The van der Waals surface area contributed by atoms with Crippen molar-refractivity contribution in [3.8, 4) is 0 Å². The number of hydrogen-bond donors (Lipinski definition) is 2. The third-order valence-corrected chi connectivity index (χ3v) is 3.64. The lowest BCUT2D eigenvalue weighted by molar-refractivity contribution is 0.122. The fraction of sp³-hybridized carbons (Fsp3) is 0.588. The van der Waals surface area contributed by atoms with E-state index in [1.807, 2.05) is 0 Å². The van der Waals surface area contributed by atoms with Crippen LogP contribution in [0.1, 0.15) is 25.8 Å². The van der Waals surface area contributed by atoms with Crippen molar-refractivity contribution in [2.24, 2.45) is 4.99 Å². The molecule has 23 heavy (non-hydrogen) atoms. The highest BCUT2D eigenvalue weighted by Gasteiger charge is 2.14. The number of morpholine rings is 1. The Kier molecular flexibility index (Phi) is 10.0. The van der Waals surface area contributed by atoms with E-state index in [0.29, 0.717) is 6.54 Å². The molecular formula is C17H29IN4O. The zero-order valence-corrected chi connectivity index (χ0v) is 16.5. The summed E-state index contributed by atoms with van der Waals surface area (Å²) in [7, 11) is 0. The summed E-state index contributed by atoms with van der Waals surface area (Å²) in [6.45, 7) is 10.3. The maximum Gasteiger partial charge on any atom is 0.191 e. The van der Waals surface area contributed by atoms with Gasteiger partial charge in [0.15, 0.2) is 5.96 Å². The van der Waals surface area contributed by atoms with Crippen LogP contribution in [-0.2, 0) is 11.3 Å². The molecular weight excluding hydrogens is 403 g/mol. The molecule has 1 aliphatic rings. The first kappa shape index (κ1) is 20.0. The summed E-state index contributed by atoms with van der Waals surface area (Å²) in [5, 5.41) is 6.64. The van der Waals surface area contributed by atoms with Gasteiger partial charge in [0.1, 0.15) is 0 Å². The van der Waals surface area contributed by atoms with Crippen molar-refractivity contribution in [3.63, 3.8) is 0 Å². The highest BCUT2D eigenvalue weighted by Crippen LogP contribution is 2.22. The molecule has 2 N–H and O–H groups in total. The third-order valence-electron chi connectivity index (χ3n) is 3.64. The van der Waals surface area contributed by atoms with Crippen molar-refractivity contribution >= 4 is 35.6 Å². The van der Waals surface area contributed by atoms with E-state index in [1.54, 1.807) is 0 Å². The zero-order chi connectivity index (χ0) is 15.6. The average Bonchev–Trinajstić information content (AvgIpc) is 2.58. The molecule has 1 fully saturated rings. The van der Waals surface area contributed by atoms with E-state index in [0.717, 1.165) is 51.8 Å². The minimum atomic E-state index is 0. The Balaban J connectivity index is 0.00000264. The standard InChI is InChI=1S/C17H28N4O.HI/c1-3-9-19-17(18-4-2)20-14-15-7-5-6-8-16(15)21-10-12-22-13-11-21;/h5-8H,3-4,9-14H2,1-2H3,(H2,18,19,20);1H. The summed E-state index contributed by atoms with van der Waals surface area (Å²) in [6.07, 6.45) is 1.09. The van der Waals surface area contributed by atoms with Gasteiger partial charge in [-0.05, 0) is 25.0 Å². The molecule has 5 nitrogen and oxygen atoms in total. The van der Waals surface area contributed by atoms with Crippen LogP contribution in [0.3, 0.4) is 0 Å². The Labute approximate surface area is 156 Å². The lowest BCUT2D eigenvalue weighted by Crippen LogP contribution is -2.38. The third kappa shape index (κ3) is 6.55. The van der Waals surface area contributed by atoms with Gasteiger partial charge in [0.05, 0.1) is 19.8 Å². The summed E-state index contributed by atoms with van der Waals surface area (Å²) in [4.78, 5) is 7.10.